The quantitative estimate of drug-likeness (QED) is 0.489. The van der Waals surface area contributed by atoms with E-state index in [2.05, 4.69) is 15.2 Å². The molecule has 2 aromatic rings. The number of fused-ring (bicyclic) bond motifs is 1. The third kappa shape index (κ3) is 2.43. The molecule has 16 heavy (non-hydrogen) atoms. The number of thiazole rings is 1. The van der Waals surface area contributed by atoms with Gasteiger partial charge in [0.05, 0.1) is 6.21 Å². The molecule has 0 saturated carbocycles. The summed E-state index contributed by atoms with van der Waals surface area (Å²) in [5.74, 6) is -0.103. The number of aromatic nitrogens is 2. The summed E-state index contributed by atoms with van der Waals surface area (Å²) in [5.41, 5.74) is 10.9. The second-order valence-corrected chi connectivity index (χ2v) is 3.84. The summed E-state index contributed by atoms with van der Waals surface area (Å²) in [5, 5.41) is 9.42. The second-order valence-electron chi connectivity index (χ2n) is 2.61. The summed E-state index contributed by atoms with van der Waals surface area (Å²) in [6, 6.07) is 0. The van der Waals surface area contributed by atoms with Gasteiger partial charge in [0.1, 0.15) is 5.69 Å². The molecule has 0 fully saturated rings. The van der Waals surface area contributed by atoms with E-state index in [0.29, 0.717) is 10.8 Å². The highest BCUT2D eigenvalue weighted by Crippen LogP contribution is 2.19. The Morgan fingerprint density at radius 3 is 3.00 bits per heavy atom. The first-order valence-corrected chi connectivity index (χ1v) is 5.17. The number of rotatable bonds is 2. The van der Waals surface area contributed by atoms with Crippen LogP contribution in [0.4, 0.5) is 0 Å². The number of halogens is 2. The molecule has 2 aromatic heterocycles. The molecule has 0 bridgehead atoms. The first-order chi connectivity index (χ1) is 7.18. The molecule has 2 rings (SSSR count). The standard InChI is InChI=1S/C7H7ClN6S.ClH/c8-5-4(3-11-13-6(9)10)14-1-2-15-7(14)12-5;/h1-3H,(H4,9,10,13);1H/b11-3+;. The maximum absolute atomic E-state index is 5.90. The lowest BCUT2D eigenvalue weighted by molar-refractivity contribution is 1.18. The highest BCUT2D eigenvalue weighted by Gasteiger charge is 2.08. The van der Waals surface area contributed by atoms with Crippen LogP contribution in [0, 0.1) is 0 Å². The molecule has 0 saturated heterocycles. The van der Waals surface area contributed by atoms with Gasteiger partial charge in [-0.25, -0.2) is 4.98 Å². The van der Waals surface area contributed by atoms with Crippen molar-refractivity contribution in [1.29, 1.82) is 0 Å². The highest BCUT2D eigenvalue weighted by atomic mass is 35.5. The number of imidazole rings is 1. The molecule has 0 aromatic carbocycles. The molecule has 6 nitrogen and oxygen atoms in total. The Balaban J connectivity index is 0.00000128. The predicted molar refractivity (Wildman–Crippen MR) is 68.7 cm³/mol. The second kappa shape index (κ2) is 5.15. The van der Waals surface area contributed by atoms with Crippen molar-refractivity contribution in [2.75, 3.05) is 0 Å². The van der Waals surface area contributed by atoms with E-state index in [0.717, 1.165) is 4.96 Å². The van der Waals surface area contributed by atoms with Crippen molar-refractivity contribution in [1.82, 2.24) is 9.38 Å². The molecule has 86 valence electrons. The number of nitrogens with zero attached hydrogens (tertiary/aromatic N) is 4. The van der Waals surface area contributed by atoms with Crippen LogP contribution in [-0.4, -0.2) is 21.6 Å². The van der Waals surface area contributed by atoms with Gasteiger partial charge in [0, 0.05) is 11.6 Å². The number of hydrogen-bond donors (Lipinski definition) is 2. The van der Waals surface area contributed by atoms with Crippen molar-refractivity contribution in [3.8, 4) is 0 Å². The monoisotopic (exact) mass is 278 g/mol. The summed E-state index contributed by atoms with van der Waals surface area (Å²) >= 11 is 7.38. The molecule has 9 heteroatoms. The largest absolute Gasteiger partial charge is 0.369 e. The predicted octanol–water partition coefficient (Wildman–Crippen LogP) is 1.08. The highest BCUT2D eigenvalue weighted by molar-refractivity contribution is 7.15. The van der Waals surface area contributed by atoms with Crippen molar-refractivity contribution in [2.45, 2.75) is 0 Å². The minimum Gasteiger partial charge on any atom is -0.369 e. The van der Waals surface area contributed by atoms with Gasteiger partial charge in [-0.1, -0.05) is 11.6 Å². The van der Waals surface area contributed by atoms with Crippen LogP contribution in [0.1, 0.15) is 5.69 Å². The van der Waals surface area contributed by atoms with Gasteiger partial charge in [-0.3, -0.25) is 4.40 Å². The van der Waals surface area contributed by atoms with E-state index in [4.69, 9.17) is 23.1 Å². The lowest BCUT2D eigenvalue weighted by Crippen LogP contribution is -2.21. The zero-order valence-electron chi connectivity index (χ0n) is 7.87. The van der Waals surface area contributed by atoms with E-state index >= 15 is 0 Å². The van der Waals surface area contributed by atoms with Crippen molar-refractivity contribution in [3.63, 3.8) is 0 Å². The number of nitrogens with two attached hydrogens (primary N) is 2. The fourth-order valence-corrected chi connectivity index (χ4v) is 2.03. The molecule has 0 radical (unpaired) electrons. The Morgan fingerprint density at radius 2 is 2.31 bits per heavy atom. The Morgan fingerprint density at radius 1 is 1.56 bits per heavy atom. The van der Waals surface area contributed by atoms with Gasteiger partial charge in [0.25, 0.3) is 0 Å². The molecule has 0 atom stereocenters. The number of hydrogen-bond acceptors (Lipinski definition) is 4. The van der Waals surface area contributed by atoms with Gasteiger partial charge in [-0.05, 0) is 0 Å². The van der Waals surface area contributed by atoms with E-state index in [1.54, 1.807) is 4.40 Å². The topological polar surface area (TPSA) is 94.1 Å². The zero-order valence-corrected chi connectivity index (χ0v) is 10.3. The average Bonchev–Trinajstić information content (AvgIpc) is 2.68. The Bertz CT molecular complexity index is 538. The summed E-state index contributed by atoms with van der Waals surface area (Å²) in [6.45, 7) is 0. The molecule has 0 aliphatic heterocycles. The molecule has 0 aliphatic carbocycles. The lowest BCUT2D eigenvalue weighted by atomic mass is 10.5. The first kappa shape index (κ1) is 12.8. The lowest BCUT2D eigenvalue weighted by Gasteiger charge is -1.88. The summed E-state index contributed by atoms with van der Waals surface area (Å²) in [6.07, 6.45) is 3.30. The third-order valence-corrected chi connectivity index (χ3v) is 2.64. The van der Waals surface area contributed by atoms with E-state index in [9.17, 15) is 0 Å². The van der Waals surface area contributed by atoms with Gasteiger partial charge in [0.15, 0.2) is 10.1 Å². The fourth-order valence-electron chi connectivity index (χ4n) is 1.04. The Hall–Kier alpha value is -1.31. The van der Waals surface area contributed by atoms with Crippen LogP contribution in [0.25, 0.3) is 4.96 Å². The maximum atomic E-state index is 5.90. The SMILES string of the molecule is Cl.NC(N)=N/N=C/c1c(Cl)nc2sccn12. The molecule has 4 N–H and O–H groups in total. The van der Waals surface area contributed by atoms with E-state index < -0.39 is 0 Å². The van der Waals surface area contributed by atoms with Crippen molar-refractivity contribution >= 4 is 52.5 Å². The third-order valence-electron chi connectivity index (χ3n) is 1.61. The molecule has 0 unspecified atom stereocenters. The van der Waals surface area contributed by atoms with E-state index in [1.165, 1.54) is 17.6 Å². The minimum atomic E-state index is -0.103. The Labute approximate surface area is 106 Å². The molecule has 2 heterocycles. The smallest absolute Gasteiger partial charge is 0.211 e. The van der Waals surface area contributed by atoms with Crippen molar-refractivity contribution < 1.29 is 0 Å². The molecular weight excluding hydrogens is 271 g/mol. The molecule has 0 aliphatic rings. The fraction of sp³-hybridized carbons (Fsp3) is 0. The van der Waals surface area contributed by atoms with Crippen molar-refractivity contribution in [3.05, 3.63) is 22.4 Å². The molecular formula is C7H8Cl2N6S. The van der Waals surface area contributed by atoms with Crippen LogP contribution in [0.3, 0.4) is 0 Å². The van der Waals surface area contributed by atoms with Gasteiger partial charge in [-0.2, -0.15) is 5.10 Å². The average molecular weight is 279 g/mol. The van der Waals surface area contributed by atoms with Gasteiger partial charge in [0.2, 0.25) is 5.96 Å². The van der Waals surface area contributed by atoms with Crippen LogP contribution in [0.15, 0.2) is 21.8 Å². The summed E-state index contributed by atoms with van der Waals surface area (Å²) in [7, 11) is 0. The van der Waals surface area contributed by atoms with Crippen LogP contribution >= 0.6 is 35.3 Å². The van der Waals surface area contributed by atoms with Crippen LogP contribution in [0.2, 0.25) is 5.15 Å². The van der Waals surface area contributed by atoms with Crippen molar-refractivity contribution in [2.24, 2.45) is 21.7 Å². The maximum Gasteiger partial charge on any atom is 0.211 e. The Kier molecular flexibility index (Phi) is 4.11. The number of guanidine groups is 1. The van der Waals surface area contributed by atoms with Gasteiger partial charge < -0.3 is 11.5 Å². The van der Waals surface area contributed by atoms with Crippen LogP contribution in [-0.2, 0) is 0 Å². The molecule has 0 amide bonds. The van der Waals surface area contributed by atoms with Crippen LogP contribution < -0.4 is 11.5 Å². The van der Waals surface area contributed by atoms with Gasteiger partial charge >= 0.3 is 0 Å². The van der Waals surface area contributed by atoms with E-state index in [1.807, 2.05) is 11.6 Å². The zero-order chi connectivity index (χ0) is 10.8. The van der Waals surface area contributed by atoms with E-state index in [-0.39, 0.29) is 18.4 Å². The van der Waals surface area contributed by atoms with Gasteiger partial charge in [-0.15, -0.1) is 28.8 Å². The summed E-state index contributed by atoms with van der Waals surface area (Å²) < 4.78 is 1.80. The first-order valence-electron chi connectivity index (χ1n) is 3.91. The normalized spacial score (nSPS) is 10.6. The minimum absolute atomic E-state index is 0. The molecule has 0 spiro atoms. The summed E-state index contributed by atoms with van der Waals surface area (Å²) in [4.78, 5) is 4.91. The van der Waals surface area contributed by atoms with Crippen LogP contribution in [0.5, 0.6) is 0 Å².